The third-order valence-corrected chi connectivity index (χ3v) is 4.67. The quantitative estimate of drug-likeness (QED) is 0.598. The second-order valence-electron chi connectivity index (χ2n) is 6.76. The van der Waals surface area contributed by atoms with Gasteiger partial charge in [-0.15, -0.1) is 0 Å². The zero-order valence-electron chi connectivity index (χ0n) is 17.0. The van der Waals surface area contributed by atoms with Crippen molar-refractivity contribution in [2.75, 3.05) is 13.7 Å². The number of methoxy groups -OCH3 is 1. The van der Waals surface area contributed by atoms with Crippen molar-refractivity contribution >= 4 is 22.6 Å². The smallest absolute Gasteiger partial charge is 0.360 e. The van der Waals surface area contributed by atoms with Gasteiger partial charge in [0.2, 0.25) is 0 Å². The number of hydrogen-bond acceptors (Lipinski definition) is 6. The largest absolute Gasteiger partial charge is 0.497 e. The van der Waals surface area contributed by atoms with Gasteiger partial charge in [-0.2, -0.15) is 5.10 Å². The molecule has 3 rings (SSSR count). The Labute approximate surface area is 173 Å². The van der Waals surface area contributed by atoms with E-state index < -0.39 is 18.0 Å². The van der Waals surface area contributed by atoms with Gasteiger partial charge in [-0.3, -0.25) is 9.59 Å². The summed E-state index contributed by atoms with van der Waals surface area (Å²) in [5.41, 5.74) is 0.721. The van der Waals surface area contributed by atoms with E-state index in [4.69, 9.17) is 9.47 Å². The van der Waals surface area contributed by atoms with E-state index in [1.807, 2.05) is 24.3 Å². The normalized spacial score (nSPS) is 11.7. The minimum absolute atomic E-state index is 0.00872. The van der Waals surface area contributed by atoms with Crippen molar-refractivity contribution in [3.63, 3.8) is 0 Å². The molecule has 30 heavy (non-hydrogen) atoms. The summed E-state index contributed by atoms with van der Waals surface area (Å²) >= 11 is 0. The third kappa shape index (κ3) is 4.65. The number of aryl methyl sites for hydroxylation is 1. The first kappa shape index (κ1) is 21.0. The molecule has 1 unspecified atom stereocenters. The lowest BCUT2D eigenvalue weighted by molar-refractivity contribution is -0.129. The van der Waals surface area contributed by atoms with Crippen LogP contribution in [0.1, 0.15) is 23.0 Å². The molecule has 0 fully saturated rings. The third-order valence-electron chi connectivity index (χ3n) is 4.67. The number of hydrogen-bond donors (Lipinski definition) is 1. The van der Waals surface area contributed by atoms with Crippen LogP contribution in [0.4, 0.5) is 0 Å². The molecule has 1 atom stereocenters. The van der Waals surface area contributed by atoms with E-state index in [9.17, 15) is 14.4 Å². The van der Waals surface area contributed by atoms with E-state index in [0.717, 1.165) is 16.0 Å². The molecule has 0 aliphatic heterocycles. The number of nitrogens with zero attached hydrogens (tertiary/aromatic N) is 2. The van der Waals surface area contributed by atoms with Crippen molar-refractivity contribution in [2.45, 2.75) is 19.4 Å². The van der Waals surface area contributed by atoms with E-state index in [1.54, 1.807) is 31.4 Å². The van der Waals surface area contributed by atoms with Gasteiger partial charge in [0.15, 0.2) is 11.8 Å². The fraction of sp³-hybridized carbons (Fsp3) is 0.273. The SMILES string of the molecule is COc1ccc(CCNC(=O)C(C)OC(=O)c2nn(C)c(=O)c3ccccc23)cc1. The van der Waals surface area contributed by atoms with E-state index in [-0.39, 0.29) is 11.3 Å². The molecule has 1 aromatic heterocycles. The first-order valence-electron chi connectivity index (χ1n) is 9.48. The van der Waals surface area contributed by atoms with Crippen LogP contribution < -0.4 is 15.6 Å². The maximum Gasteiger partial charge on any atom is 0.360 e. The van der Waals surface area contributed by atoms with Crippen LogP contribution in [0.3, 0.4) is 0 Å². The molecular formula is C22H23N3O5. The van der Waals surface area contributed by atoms with Gasteiger partial charge < -0.3 is 14.8 Å². The molecule has 8 heteroatoms. The van der Waals surface area contributed by atoms with Gasteiger partial charge in [0.25, 0.3) is 11.5 Å². The Morgan fingerprint density at radius 3 is 2.43 bits per heavy atom. The van der Waals surface area contributed by atoms with Gasteiger partial charge in [0.05, 0.1) is 12.5 Å². The van der Waals surface area contributed by atoms with Crippen molar-refractivity contribution in [1.82, 2.24) is 15.1 Å². The number of nitrogens with one attached hydrogen (secondary N) is 1. The lowest BCUT2D eigenvalue weighted by atomic mass is 10.1. The predicted octanol–water partition coefficient (Wildman–Crippen LogP) is 1.85. The monoisotopic (exact) mass is 409 g/mol. The summed E-state index contributed by atoms with van der Waals surface area (Å²) in [6.45, 7) is 1.89. The van der Waals surface area contributed by atoms with Crippen molar-refractivity contribution in [1.29, 1.82) is 0 Å². The summed E-state index contributed by atoms with van der Waals surface area (Å²) in [7, 11) is 3.06. The average molecular weight is 409 g/mol. The van der Waals surface area contributed by atoms with E-state index in [1.165, 1.54) is 14.0 Å². The number of benzene rings is 2. The number of carbonyl (C=O) groups is 2. The van der Waals surface area contributed by atoms with Crippen molar-refractivity contribution in [2.24, 2.45) is 7.05 Å². The van der Waals surface area contributed by atoms with Gasteiger partial charge in [0, 0.05) is 19.0 Å². The molecule has 0 bridgehead atoms. The van der Waals surface area contributed by atoms with E-state index >= 15 is 0 Å². The van der Waals surface area contributed by atoms with Crippen molar-refractivity contribution in [3.05, 3.63) is 70.1 Å². The first-order valence-corrected chi connectivity index (χ1v) is 9.48. The lowest BCUT2D eigenvalue weighted by Crippen LogP contribution is -2.37. The highest BCUT2D eigenvalue weighted by atomic mass is 16.5. The Kier molecular flexibility index (Phi) is 6.46. The van der Waals surface area contributed by atoms with Gasteiger partial charge in [-0.1, -0.05) is 30.3 Å². The minimum atomic E-state index is -1.01. The summed E-state index contributed by atoms with van der Waals surface area (Å²) < 4.78 is 11.5. The topological polar surface area (TPSA) is 99.5 Å². The molecule has 1 heterocycles. The number of amides is 1. The van der Waals surface area contributed by atoms with E-state index in [0.29, 0.717) is 23.7 Å². The zero-order valence-corrected chi connectivity index (χ0v) is 17.0. The fourth-order valence-electron chi connectivity index (χ4n) is 2.99. The minimum Gasteiger partial charge on any atom is -0.497 e. The molecule has 3 aromatic rings. The number of aromatic nitrogens is 2. The molecule has 0 spiro atoms. The Hall–Kier alpha value is -3.68. The molecule has 0 radical (unpaired) electrons. The Bertz CT molecular complexity index is 1120. The number of fused-ring (bicyclic) bond motifs is 1. The molecule has 8 nitrogen and oxygen atoms in total. The lowest BCUT2D eigenvalue weighted by Gasteiger charge is -2.14. The van der Waals surface area contributed by atoms with Crippen LogP contribution in [-0.4, -0.2) is 41.4 Å². The summed E-state index contributed by atoms with van der Waals surface area (Å²) in [6, 6.07) is 14.2. The number of carbonyl (C=O) groups excluding carboxylic acids is 2. The Morgan fingerprint density at radius 1 is 1.10 bits per heavy atom. The summed E-state index contributed by atoms with van der Waals surface area (Å²) in [5, 5.41) is 7.51. The van der Waals surface area contributed by atoms with Gasteiger partial charge in [-0.25, -0.2) is 9.48 Å². The number of rotatable bonds is 7. The molecule has 156 valence electrons. The van der Waals surface area contributed by atoms with Crippen molar-refractivity contribution in [3.8, 4) is 5.75 Å². The van der Waals surface area contributed by atoms with Crippen LogP contribution in [-0.2, 0) is 23.0 Å². The summed E-state index contributed by atoms with van der Waals surface area (Å²) in [6.07, 6.45) is -0.380. The van der Waals surface area contributed by atoms with Crippen molar-refractivity contribution < 1.29 is 19.1 Å². The highest BCUT2D eigenvalue weighted by Crippen LogP contribution is 2.15. The molecule has 0 saturated heterocycles. The second kappa shape index (κ2) is 9.21. The van der Waals surface area contributed by atoms with Gasteiger partial charge in [0.1, 0.15) is 5.75 Å². The van der Waals surface area contributed by atoms with E-state index in [2.05, 4.69) is 10.4 Å². The molecule has 0 saturated carbocycles. The highest BCUT2D eigenvalue weighted by molar-refractivity contribution is 6.02. The van der Waals surface area contributed by atoms with Crippen LogP contribution >= 0.6 is 0 Å². The van der Waals surface area contributed by atoms with Crippen LogP contribution in [0.2, 0.25) is 0 Å². The Morgan fingerprint density at radius 2 is 1.77 bits per heavy atom. The molecule has 1 amide bonds. The summed E-state index contributed by atoms with van der Waals surface area (Å²) in [4.78, 5) is 37.1. The van der Waals surface area contributed by atoms with Gasteiger partial charge >= 0.3 is 5.97 Å². The fourth-order valence-corrected chi connectivity index (χ4v) is 2.99. The second-order valence-corrected chi connectivity index (χ2v) is 6.76. The maximum atomic E-state index is 12.6. The standard InChI is InChI=1S/C22H23N3O5/c1-14(20(26)23-13-12-15-8-10-16(29-3)11-9-15)30-22(28)19-17-6-4-5-7-18(17)21(27)25(2)24-19/h4-11,14H,12-13H2,1-3H3,(H,23,26). The van der Waals surface area contributed by atoms with Crippen LogP contribution in [0.5, 0.6) is 5.75 Å². The number of esters is 1. The Balaban J connectivity index is 1.61. The average Bonchev–Trinajstić information content (AvgIpc) is 2.76. The number of ether oxygens (including phenoxy) is 2. The molecule has 1 N–H and O–H groups in total. The maximum absolute atomic E-state index is 12.6. The zero-order chi connectivity index (χ0) is 21.7. The highest BCUT2D eigenvalue weighted by Gasteiger charge is 2.22. The van der Waals surface area contributed by atoms with Crippen LogP contribution in [0.25, 0.3) is 10.8 Å². The van der Waals surface area contributed by atoms with Crippen LogP contribution in [0, 0.1) is 0 Å². The van der Waals surface area contributed by atoms with Crippen LogP contribution in [0.15, 0.2) is 53.3 Å². The first-order chi connectivity index (χ1) is 14.4. The molecular weight excluding hydrogens is 386 g/mol. The molecule has 2 aromatic carbocycles. The molecule has 0 aliphatic rings. The molecule has 0 aliphatic carbocycles. The predicted molar refractivity (Wildman–Crippen MR) is 112 cm³/mol. The summed E-state index contributed by atoms with van der Waals surface area (Å²) in [5.74, 6) is -0.409. The van der Waals surface area contributed by atoms with Gasteiger partial charge in [-0.05, 0) is 37.1 Å².